The molecule has 10 heteroatoms. The highest BCUT2D eigenvalue weighted by Gasteiger charge is 2.18. The monoisotopic (exact) mass is 362 g/mol. The Morgan fingerprint density at radius 3 is 2.70 bits per heavy atom. The summed E-state index contributed by atoms with van der Waals surface area (Å²) in [7, 11) is 0. The van der Waals surface area contributed by atoms with E-state index in [1.54, 1.807) is 10.9 Å². The first-order chi connectivity index (χ1) is 10.2. The zero-order chi connectivity index (χ0) is 14.7. The number of piperidine rings is 1. The van der Waals surface area contributed by atoms with Crippen LogP contribution in [0.4, 0.5) is 10.2 Å². The van der Waals surface area contributed by atoms with Crippen LogP contribution in [0, 0.1) is 5.82 Å². The third-order valence-electron chi connectivity index (χ3n) is 3.39. The van der Waals surface area contributed by atoms with Crippen molar-refractivity contribution in [1.29, 1.82) is 0 Å². The van der Waals surface area contributed by atoms with Crippen molar-refractivity contribution in [2.75, 3.05) is 18.4 Å². The zero-order valence-electron chi connectivity index (χ0n) is 12.1. The van der Waals surface area contributed by atoms with Crippen LogP contribution in [0.1, 0.15) is 29.4 Å². The second-order valence-corrected chi connectivity index (χ2v) is 4.88. The molecule has 0 radical (unpaired) electrons. The zero-order valence-corrected chi connectivity index (χ0v) is 13.7. The molecule has 0 saturated carbocycles. The normalized spacial score (nSPS) is 14.5. The summed E-state index contributed by atoms with van der Waals surface area (Å²) in [6.45, 7) is 1.87. The van der Waals surface area contributed by atoms with E-state index in [9.17, 15) is 9.18 Å². The van der Waals surface area contributed by atoms with Gasteiger partial charge in [0, 0.05) is 0 Å². The van der Waals surface area contributed by atoms with Crippen molar-refractivity contribution in [1.82, 2.24) is 25.3 Å². The Morgan fingerprint density at radius 2 is 2.04 bits per heavy atom. The van der Waals surface area contributed by atoms with Crippen LogP contribution in [0.3, 0.4) is 0 Å². The SMILES string of the molecule is Cl.Cl.O=C(Nc1ccc(F)cn1)c1cn(C2CCNCC2)nn1. The molecule has 0 aromatic carbocycles. The van der Waals surface area contributed by atoms with Crippen molar-refractivity contribution >= 4 is 36.5 Å². The molecule has 23 heavy (non-hydrogen) atoms. The van der Waals surface area contributed by atoms with Gasteiger partial charge in [-0.25, -0.2) is 14.1 Å². The summed E-state index contributed by atoms with van der Waals surface area (Å²) in [5, 5.41) is 13.7. The molecule has 1 aliphatic rings. The van der Waals surface area contributed by atoms with Gasteiger partial charge < -0.3 is 10.6 Å². The van der Waals surface area contributed by atoms with Gasteiger partial charge in [-0.3, -0.25) is 4.79 Å². The molecule has 7 nitrogen and oxygen atoms in total. The van der Waals surface area contributed by atoms with Gasteiger partial charge in [0.05, 0.1) is 18.4 Å². The Morgan fingerprint density at radius 1 is 1.30 bits per heavy atom. The maximum atomic E-state index is 12.8. The molecule has 3 rings (SSSR count). The van der Waals surface area contributed by atoms with E-state index in [-0.39, 0.29) is 42.4 Å². The molecular weight excluding hydrogens is 346 g/mol. The Hall–Kier alpha value is -1.77. The van der Waals surface area contributed by atoms with Gasteiger partial charge in [0.25, 0.3) is 5.91 Å². The quantitative estimate of drug-likeness (QED) is 0.869. The van der Waals surface area contributed by atoms with Crippen molar-refractivity contribution in [2.45, 2.75) is 18.9 Å². The summed E-state index contributed by atoms with van der Waals surface area (Å²) >= 11 is 0. The number of anilines is 1. The summed E-state index contributed by atoms with van der Waals surface area (Å²) in [4.78, 5) is 15.8. The third kappa shape index (κ3) is 4.85. The second-order valence-electron chi connectivity index (χ2n) is 4.88. The van der Waals surface area contributed by atoms with Crippen LogP contribution in [0.15, 0.2) is 24.5 Å². The molecule has 2 N–H and O–H groups in total. The van der Waals surface area contributed by atoms with Gasteiger partial charge in [-0.2, -0.15) is 0 Å². The fourth-order valence-electron chi connectivity index (χ4n) is 2.26. The lowest BCUT2D eigenvalue weighted by atomic mass is 10.1. The van der Waals surface area contributed by atoms with Crippen molar-refractivity contribution in [2.24, 2.45) is 0 Å². The molecule has 3 heterocycles. The van der Waals surface area contributed by atoms with E-state index in [1.807, 2.05) is 0 Å². The van der Waals surface area contributed by atoms with Gasteiger partial charge in [0.15, 0.2) is 5.69 Å². The molecule has 2 aromatic rings. The standard InChI is InChI=1S/C13H15FN6O.2ClH/c14-9-1-2-12(16-7-9)17-13(21)11-8-20(19-18-11)10-3-5-15-6-4-10;;/h1-2,7-8,10,15H,3-6H2,(H,16,17,21);2*1H. The minimum Gasteiger partial charge on any atom is -0.317 e. The molecule has 1 aliphatic heterocycles. The molecule has 1 amide bonds. The fourth-order valence-corrected chi connectivity index (χ4v) is 2.26. The van der Waals surface area contributed by atoms with Crippen molar-refractivity contribution < 1.29 is 9.18 Å². The Bertz CT molecular complexity index is 630. The van der Waals surface area contributed by atoms with Gasteiger partial charge in [-0.05, 0) is 38.1 Å². The first-order valence-electron chi connectivity index (χ1n) is 6.78. The molecule has 0 atom stereocenters. The summed E-state index contributed by atoms with van der Waals surface area (Å²) in [6, 6.07) is 2.89. The number of hydrogen-bond donors (Lipinski definition) is 2. The Kier molecular flexibility index (Phi) is 7.34. The number of nitrogens with zero attached hydrogens (tertiary/aromatic N) is 4. The topological polar surface area (TPSA) is 84.7 Å². The predicted molar refractivity (Wildman–Crippen MR) is 87.8 cm³/mol. The van der Waals surface area contributed by atoms with Crippen molar-refractivity contribution in [3.05, 3.63) is 36.0 Å². The smallest absolute Gasteiger partial charge is 0.278 e. The molecule has 1 fully saturated rings. The fraction of sp³-hybridized carbons (Fsp3) is 0.385. The van der Waals surface area contributed by atoms with Crippen molar-refractivity contribution in [3.63, 3.8) is 0 Å². The van der Waals surface area contributed by atoms with Crippen LogP contribution >= 0.6 is 24.8 Å². The molecule has 126 valence electrons. The van der Waals surface area contributed by atoms with Crippen LogP contribution in [0.2, 0.25) is 0 Å². The number of nitrogens with one attached hydrogen (secondary N) is 2. The maximum absolute atomic E-state index is 12.8. The average molecular weight is 363 g/mol. The molecule has 0 bridgehead atoms. The number of carbonyl (C=O) groups excluding carboxylic acids is 1. The maximum Gasteiger partial charge on any atom is 0.278 e. The van der Waals surface area contributed by atoms with Crippen molar-refractivity contribution in [3.8, 4) is 0 Å². The van der Waals surface area contributed by atoms with E-state index >= 15 is 0 Å². The minimum absolute atomic E-state index is 0. The Labute approximate surface area is 144 Å². The highest BCUT2D eigenvalue weighted by Crippen LogP contribution is 2.17. The van der Waals surface area contributed by atoms with Crippen LogP contribution in [-0.4, -0.2) is 39.0 Å². The van der Waals surface area contributed by atoms with E-state index in [2.05, 4.69) is 25.9 Å². The van der Waals surface area contributed by atoms with E-state index in [4.69, 9.17) is 0 Å². The summed E-state index contributed by atoms with van der Waals surface area (Å²) in [5.41, 5.74) is 0.222. The first-order valence-corrected chi connectivity index (χ1v) is 6.78. The number of halogens is 3. The van der Waals surface area contributed by atoms with E-state index < -0.39 is 11.7 Å². The van der Waals surface area contributed by atoms with Crippen LogP contribution in [0.25, 0.3) is 0 Å². The van der Waals surface area contributed by atoms with Gasteiger partial charge in [0.2, 0.25) is 0 Å². The molecule has 1 saturated heterocycles. The molecule has 0 spiro atoms. The number of rotatable bonds is 3. The van der Waals surface area contributed by atoms with Crippen LogP contribution < -0.4 is 10.6 Å². The average Bonchev–Trinajstić information content (AvgIpc) is 3.00. The first kappa shape index (κ1) is 19.3. The van der Waals surface area contributed by atoms with Gasteiger partial charge in [-0.1, -0.05) is 5.21 Å². The summed E-state index contributed by atoms with van der Waals surface area (Å²) in [6.07, 6.45) is 4.60. The number of hydrogen-bond acceptors (Lipinski definition) is 5. The number of carbonyl (C=O) groups is 1. The predicted octanol–water partition coefficient (Wildman–Crippen LogP) is 1.83. The van der Waals surface area contributed by atoms with Gasteiger partial charge >= 0.3 is 0 Å². The van der Waals surface area contributed by atoms with Crippen LogP contribution in [-0.2, 0) is 0 Å². The number of aromatic nitrogens is 4. The number of amides is 1. The highest BCUT2D eigenvalue weighted by molar-refractivity contribution is 6.02. The van der Waals surface area contributed by atoms with E-state index in [0.717, 1.165) is 32.1 Å². The Balaban J connectivity index is 0.00000132. The summed E-state index contributed by atoms with van der Waals surface area (Å²) < 4.78 is 14.5. The summed E-state index contributed by atoms with van der Waals surface area (Å²) in [5.74, 6) is -0.586. The van der Waals surface area contributed by atoms with E-state index in [1.165, 1.54) is 12.1 Å². The third-order valence-corrected chi connectivity index (χ3v) is 3.39. The molecule has 0 aliphatic carbocycles. The van der Waals surface area contributed by atoms with Gasteiger partial charge in [-0.15, -0.1) is 29.9 Å². The minimum atomic E-state index is -0.454. The largest absolute Gasteiger partial charge is 0.317 e. The molecule has 0 unspecified atom stereocenters. The lowest BCUT2D eigenvalue weighted by molar-refractivity contribution is 0.102. The highest BCUT2D eigenvalue weighted by atomic mass is 35.5. The number of pyridine rings is 1. The molecular formula is C13H17Cl2FN6O. The second kappa shape index (κ2) is 8.76. The van der Waals surface area contributed by atoms with Crippen LogP contribution in [0.5, 0.6) is 0 Å². The lowest BCUT2D eigenvalue weighted by Gasteiger charge is -2.22. The molecule has 2 aromatic heterocycles. The van der Waals surface area contributed by atoms with E-state index in [0.29, 0.717) is 0 Å². The van der Waals surface area contributed by atoms with Gasteiger partial charge in [0.1, 0.15) is 11.6 Å². The lowest BCUT2D eigenvalue weighted by Crippen LogP contribution is -2.29.